The van der Waals surface area contributed by atoms with Crippen LogP contribution in [0.4, 0.5) is 8.78 Å². The van der Waals surface area contributed by atoms with Gasteiger partial charge in [-0.15, -0.1) is 0 Å². The van der Waals surface area contributed by atoms with Gasteiger partial charge in [0.1, 0.15) is 17.3 Å². The van der Waals surface area contributed by atoms with Crippen LogP contribution in [0.1, 0.15) is 34.9 Å². The molecule has 3 heterocycles. The van der Waals surface area contributed by atoms with Crippen molar-refractivity contribution in [2.75, 3.05) is 13.1 Å². The number of carbonyl (C=O) groups excluding carboxylic acids is 1. The zero-order valence-electron chi connectivity index (χ0n) is 14.2. The molecule has 1 aliphatic rings. The maximum absolute atomic E-state index is 13.4. The second-order valence-electron chi connectivity index (χ2n) is 6.30. The Bertz CT molecular complexity index is 943. The molecule has 0 N–H and O–H groups in total. The van der Waals surface area contributed by atoms with Crippen molar-refractivity contribution in [2.45, 2.75) is 18.8 Å². The lowest BCUT2D eigenvalue weighted by Gasteiger charge is -2.31. The van der Waals surface area contributed by atoms with Gasteiger partial charge >= 0.3 is 0 Å². The Balaban J connectivity index is 1.51. The summed E-state index contributed by atoms with van der Waals surface area (Å²) in [6, 6.07) is 2.81. The van der Waals surface area contributed by atoms with E-state index in [-0.39, 0.29) is 17.4 Å². The number of amides is 1. The van der Waals surface area contributed by atoms with Crippen molar-refractivity contribution >= 4 is 5.91 Å². The van der Waals surface area contributed by atoms with Crippen molar-refractivity contribution in [1.82, 2.24) is 25.0 Å². The van der Waals surface area contributed by atoms with E-state index >= 15 is 0 Å². The highest BCUT2D eigenvalue weighted by Gasteiger charge is 2.29. The van der Waals surface area contributed by atoms with Crippen LogP contribution >= 0.6 is 0 Å². The van der Waals surface area contributed by atoms with Gasteiger partial charge in [0.25, 0.3) is 11.8 Å². The number of carbonyl (C=O) groups is 1. The predicted octanol–water partition coefficient (Wildman–Crippen LogP) is 2.82. The molecule has 1 amide bonds. The number of likely N-dealkylation sites (tertiary alicyclic amines) is 1. The number of rotatable bonds is 3. The SMILES string of the molecule is O=C(c1cc(F)cc(F)c1)N1CCCC(c2noc(-c3cnccn3)n2)C1. The van der Waals surface area contributed by atoms with Crippen LogP contribution in [0.25, 0.3) is 11.6 Å². The normalized spacial score (nSPS) is 17.1. The molecule has 0 bridgehead atoms. The molecule has 27 heavy (non-hydrogen) atoms. The van der Waals surface area contributed by atoms with Gasteiger partial charge in [-0.25, -0.2) is 13.8 Å². The number of nitrogens with zero attached hydrogens (tertiary/aromatic N) is 5. The Morgan fingerprint density at radius 1 is 1.19 bits per heavy atom. The molecular formula is C18H15F2N5O2. The standard InChI is InChI=1S/C18H15F2N5O2/c19-13-6-12(7-14(20)8-13)18(26)25-5-1-2-11(10-25)16-23-17(27-24-16)15-9-21-3-4-22-15/h3-4,6-9,11H,1-2,5,10H2. The molecule has 0 radical (unpaired) electrons. The van der Waals surface area contributed by atoms with E-state index in [1.54, 1.807) is 11.1 Å². The molecule has 1 saturated heterocycles. The highest BCUT2D eigenvalue weighted by atomic mass is 19.1. The van der Waals surface area contributed by atoms with Gasteiger partial charge in [-0.3, -0.25) is 9.78 Å². The van der Waals surface area contributed by atoms with Crippen molar-refractivity contribution in [3.63, 3.8) is 0 Å². The summed E-state index contributed by atoms with van der Waals surface area (Å²) in [4.78, 5) is 26.6. The molecule has 0 spiro atoms. The molecule has 1 atom stereocenters. The van der Waals surface area contributed by atoms with Gasteiger partial charge in [-0.2, -0.15) is 4.98 Å². The van der Waals surface area contributed by atoms with Crippen LogP contribution in [0.2, 0.25) is 0 Å². The van der Waals surface area contributed by atoms with Gasteiger partial charge in [-0.05, 0) is 25.0 Å². The van der Waals surface area contributed by atoms with E-state index in [0.717, 1.165) is 31.0 Å². The Morgan fingerprint density at radius 2 is 2.00 bits per heavy atom. The number of hydrogen-bond acceptors (Lipinski definition) is 6. The summed E-state index contributed by atoms with van der Waals surface area (Å²) in [6.45, 7) is 0.846. The Kier molecular flexibility index (Phi) is 4.57. The van der Waals surface area contributed by atoms with Crippen LogP contribution in [-0.2, 0) is 0 Å². The van der Waals surface area contributed by atoms with Crippen LogP contribution in [0.5, 0.6) is 0 Å². The maximum atomic E-state index is 13.4. The minimum absolute atomic E-state index is 0.0125. The molecule has 9 heteroatoms. The zero-order valence-corrected chi connectivity index (χ0v) is 14.2. The van der Waals surface area contributed by atoms with Crippen LogP contribution in [0, 0.1) is 11.6 Å². The van der Waals surface area contributed by atoms with Gasteiger partial charge in [0.2, 0.25) is 0 Å². The first-order valence-corrected chi connectivity index (χ1v) is 8.45. The topological polar surface area (TPSA) is 85.0 Å². The zero-order chi connectivity index (χ0) is 18.8. The fourth-order valence-electron chi connectivity index (χ4n) is 3.15. The van der Waals surface area contributed by atoms with Gasteiger partial charge in [-0.1, -0.05) is 5.16 Å². The third-order valence-electron chi connectivity index (χ3n) is 4.41. The average molecular weight is 371 g/mol. The summed E-state index contributed by atoms with van der Waals surface area (Å²) in [7, 11) is 0. The van der Waals surface area contributed by atoms with Crippen LogP contribution in [-0.4, -0.2) is 44.0 Å². The minimum atomic E-state index is -0.779. The predicted molar refractivity (Wildman–Crippen MR) is 89.6 cm³/mol. The molecule has 138 valence electrons. The maximum Gasteiger partial charge on any atom is 0.278 e. The van der Waals surface area contributed by atoms with E-state index in [2.05, 4.69) is 20.1 Å². The lowest BCUT2D eigenvalue weighted by molar-refractivity contribution is 0.0702. The summed E-state index contributed by atoms with van der Waals surface area (Å²) >= 11 is 0. The summed E-state index contributed by atoms with van der Waals surface area (Å²) < 4.78 is 32.1. The third-order valence-corrected chi connectivity index (χ3v) is 4.41. The summed E-state index contributed by atoms with van der Waals surface area (Å²) in [5.74, 6) is -1.38. The lowest BCUT2D eigenvalue weighted by atomic mass is 9.96. The van der Waals surface area contributed by atoms with Crippen molar-refractivity contribution in [1.29, 1.82) is 0 Å². The summed E-state index contributed by atoms with van der Waals surface area (Å²) in [6.07, 6.45) is 6.09. The largest absolute Gasteiger partial charge is 0.338 e. The van der Waals surface area contributed by atoms with Crippen LogP contribution in [0.15, 0.2) is 41.3 Å². The highest BCUT2D eigenvalue weighted by Crippen LogP contribution is 2.27. The third kappa shape index (κ3) is 3.67. The van der Waals surface area contributed by atoms with E-state index in [1.165, 1.54) is 12.4 Å². The smallest absolute Gasteiger partial charge is 0.278 e. The van der Waals surface area contributed by atoms with E-state index in [9.17, 15) is 13.6 Å². The van der Waals surface area contributed by atoms with E-state index in [0.29, 0.717) is 24.6 Å². The van der Waals surface area contributed by atoms with Crippen molar-refractivity contribution in [2.24, 2.45) is 0 Å². The van der Waals surface area contributed by atoms with Crippen molar-refractivity contribution in [3.8, 4) is 11.6 Å². The van der Waals surface area contributed by atoms with Gasteiger partial charge in [0.05, 0.1) is 6.20 Å². The summed E-state index contributed by atoms with van der Waals surface area (Å²) in [5, 5.41) is 4.00. The average Bonchev–Trinajstić information content (AvgIpc) is 3.18. The quantitative estimate of drug-likeness (QED) is 0.704. The molecule has 2 aromatic heterocycles. The van der Waals surface area contributed by atoms with E-state index in [4.69, 9.17) is 4.52 Å². The molecule has 3 aromatic rings. The molecule has 0 aliphatic carbocycles. The van der Waals surface area contributed by atoms with E-state index < -0.39 is 17.5 Å². The monoisotopic (exact) mass is 371 g/mol. The number of benzene rings is 1. The number of halogens is 2. The molecule has 7 nitrogen and oxygen atoms in total. The van der Waals surface area contributed by atoms with Crippen molar-refractivity contribution < 1.29 is 18.1 Å². The van der Waals surface area contributed by atoms with Crippen LogP contribution in [0.3, 0.4) is 0 Å². The fourth-order valence-corrected chi connectivity index (χ4v) is 3.15. The highest BCUT2D eigenvalue weighted by molar-refractivity contribution is 5.94. The second-order valence-corrected chi connectivity index (χ2v) is 6.30. The Hall–Kier alpha value is -3.23. The first kappa shape index (κ1) is 17.2. The van der Waals surface area contributed by atoms with Gasteiger partial charge in [0, 0.05) is 43.0 Å². The van der Waals surface area contributed by atoms with Gasteiger partial charge < -0.3 is 9.42 Å². The lowest BCUT2D eigenvalue weighted by Crippen LogP contribution is -2.39. The van der Waals surface area contributed by atoms with Crippen LogP contribution < -0.4 is 0 Å². The first-order valence-electron chi connectivity index (χ1n) is 8.45. The fraction of sp³-hybridized carbons (Fsp3) is 0.278. The molecule has 1 unspecified atom stereocenters. The molecule has 1 aliphatic heterocycles. The summed E-state index contributed by atoms with van der Waals surface area (Å²) in [5.41, 5.74) is 0.455. The van der Waals surface area contributed by atoms with E-state index in [1.807, 2.05) is 0 Å². The number of piperidine rings is 1. The molecule has 1 fully saturated rings. The molecule has 0 saturated carbocycles. The first-order chi connectivity index (χ1) is 13.1. The molecule has 4 rings (SSSR count). The molecule has 1 aromatic carbocycles. The Morgan fingerprint density at radius 3 is 2.74 bits per heavy atom. The van der Waals surface area contributed by atoms with Crippen molar-refractivity contribution in [3.05, 3.63) is 59.8 Å². The minimum Gasteiger partial charge on any atom is -0.338 e. The molecular weight excluding hydrogens is 356 g/mol. The number of hydrogen-bond donors (Lipinski definition) is 0. The van der Waals surface area contributed by atoms with Gasteiger partial charge in [0.15, 0.2) is 5.82 Å². The Labute approximate surface area is 153 Å². The second kappa shape index (κ2) is 7.18. The number of aromatic nitrogens is 4.